The van der Waals surface area contributed by atoms with Crippen LogP contribution in [0, 0.1) is 11.8 Å². The van der Waals surface area contributed by atoms with Gasteiger partial charge in [-0.3, -0.25) is 0 Å². The van der Waals surface area contributed by atoms with E-state index < -0.39 is 0 Å². The summed E-state index contributed by atoms with van der Waals surface area (Å²) < 4.78 is 7.45. The van der Waals surface area contributed by atoms with Crippen LogP contribution in [0.3, 0.4) is 0 Å². The molecule has 0 bridgehead atoms. The van der Waals surface area contributed by atoms with Gasteiger partial charge in [-0.05, 0) is 133 Å². The summed E-state index contributed by atoms with van der Waals surface area (Å²) in [4.78, 5) is 0. The molecular weight excluding hydrogens is 740 g/mol. The first-order valence-electron chi connectivity index (χ1n) is 19.4. The van der Waals surface area contributed by atoms with Crippen molar-refractivity contribution < 1.29 is 0 Å². The predicted octanol–water partition coefficient (Wildman–Crippen LogP) is 14.1. The molecular formula is C46H50Br2N2. The van der Waals surface area contributed by atoms with E-state index >= 15 is 0 Å². The lowest BCUT2D eigenvalue weighted by atomic mass is 9.83. The van der Waals surface area contributed by atoms with Crippen LogP contribution in [0.15, 0.2) is 93.9 Å². The third-order valence-electron chi connectivity index (χ3n) is 11.9. The first kappa shape index (κ1) is 34.0. The van der Waals surface area contributed by atoms with E-state index in [4.69, 9.17) is 0 Å². The van der Waals surface area contributed by atoms with Crippen LogP contribution in [-0.2, 0) is 25.7 Å². The molecule has 0 aliphatic heterocycles. The molecule has 2 aliphatic carbocycles. The summed E-state index contributed by atoms with van der Waals surface area (Å²) in [6, 6.07) is 32.4. The fourth-order valence-electron chi connectivity index (χ4n) is 9.26. The summed E-state index contributed by atoms with van der Waals surface area (Å²) in [5.74, 6) is 1.61. The van der Waals surface area contributed by atoms with E-state index in [0.29, 0.717) is 0 Å². The van der Waals surface area contributed by atoms with Crippen molar-refractivity contribution in [2.75, 3.05) is 0 Å². The van der Waals surface area contributed by atoms with Gasteiger partial charge in [-0.1, -0.05) is 121 Å². The average molecular weight is 791 g/mol. The molecule has 0 N–H and O–H groups in total. The molecule has 6 aromatic rings. The fourth-order valence-corrected chi connectivity index (χ4v) is 9.98. The Bertz CT molecular complexity index is 1960. The molecule has 2 heterocycles. The maximum atomic E-state index is 3.78. The van der Waals surface area contributed by atoms with E-state index in [-0.39, 0.29) is 0 Å². The number of rotatable bonds is 11. The van der Waals surface area contributed by atoms with E-state index in [1.165, 1.54) is 142 Å². The summed E-state index contributed by atoms with van der Waals surface area (Å²) in [6.45, 7) is 4.62. The monoisotopic (exact) mass is 788 g/mol. The number of halogens is 2. The second kappa shape index (κ2) is 14.9. The van der Waals surface area contributed by atoms with Crippen molar-refractivity contribution in [1.82, 2.24) is 9.13 Å². The molecule has 2 atom stereocenters. The van der Waals surface area contributed by atoms with Gasteiger partial charge in [-0.25, -0.2) is 0 Å². The maximum Gasteiger partial charge on any atom is 0.0535 e. The van der Waals surface area contributed by atoms with E-state index in [1.54, 1.807) is 11.1 Å². The van der Waals surface area contributed by atoms with Gasteiger partial charge in [-0.2, -0.15) is 0 Å². The minimum atomic E-state index is 0.807. The molecule has 8 rings (SSSR count). The van der Waals surface area contributed by atoms with Crippen molar-refractivity contribution in [3.8, 4) is 22.5 Å². The van der Waals surface area contributed by atoms with E-state index in [2.05, 4.69) is 140 Å². The van der Waals surface area contributed by atoms with Crippen LogP contribution in [0.4, 0.5) is 0 Å². The first-order chi connectivity index (χ1) is 24.5. The Hall–Kier alpha value is -3.08. The topological polar surface area (TPSA) is 9.86 Å². The van der Waals surface area contributed by atoms with E-state index in [1.807, 2.05) is 0 Å². The quantitative estimate of drug-likeness (QED) is 0.116. The fraction of sp³-hybridized carbons (Fsp3) is 0.391. The smallest absolute Gasteiger partial charge is 0.0535 e. The van der Waals surface area contributed by atoms with Crippen LogP contribution in [0.1, 0.15) is 101 Å². The molecule has 0 radical (unpaired) electrons. The van der Waals surface area contributed by atoms with E-state index in [0.717, 1.165) is 24.7 Å². The minimum absolute atomic E-state index is 0.807. The summed E-state index contributed by atoms with van der Waals surface area (Å²) in [7, 11) is 0. The molecule has 0 amide bonds. The Morgan fingerprint density at radius 1 is 0.540 bits per heavy atom. The molecule has 2 aromatic heterocycles. The highest BCUT2D eigenvalue weighted by Crippen LogP contribution is 2.41. The number of aromatic nitrogens is 2. The normalized spacial score (nSPS) is 17.4. The van der Waals surface area contributed by atoms with Gasteiger partial charge in [0, 0.05) is 42.5 Å². The van der Waals surface area contributed by atoms with Gasteiger partial charge >= 0.3 is 0 Å². The molecule has 0 spiro atoms. The number of nitrogens with zero attached hydrogens (tertiary/aromatic N) is 2. The third kappa shape index (κ3) is 6.56. The van der Waals surface area contributed by atoms with Crippen LogP contribution in [0.5, 0.6) is 0 Å². The van der Waals surface area contributed by atoms with Gasteiger partial charge in [0.15, 0.2) is 0 Å². The van der Waals surface area contributed by atoms with Crippen molar-refractivity contribution in [2.45, 2.75) is 104 Å². The molecule has 50 heavy (non-hydrogen) atoms. The van der Waals surface area contributed by atoms with Crippen molar-refractivity contribution in [1.29, 1.82) is 0 Å². The van der Waals surface area contributed by atoms with Crippen LogP contribution < -0.4 is 0 Å². The number of fused-ring (bicyclic) bond motifs is 6. The van der Waals surface area contributed by atoms with Crippen molar-refractivity contribution in [3.05, 3.63) is 116 Å². The lowest BCUT2D eigenvalue weighted by molar-refractivity contribution is 0.406. The second-order valence-corrected chi connectivity index (χ2v) is 17.0. The number of unbranched alkanes of at least 4 members (excludes halogenated alkanes) is 4. The van der Waals surface area contributed by atoms with Crippen molar-refractivity contribution in [2.24, 2.45) is 11.8 Å². The number of hydrogen-bond acceptors (Lipinski definition) is 0. The zero-order chi connectivity index (χ0) is 34.2. The summed E-state index contributed by atoms with van der Waals surface area (Å²) in [6.07, 6.45) is 18.1. The third-order valence-corrected chi connectivity index (χ3v) is 12.9. The van der Waals surface area contributed by atoms with Gasteiger partial charge in [0.2, 0.25) is 0 Å². The zero-order valence-corrected chi connectivity index (χ0v) is 33.0. The molecule has 0 saturated carbocycles. The first-order valence-corrected chi connectivity index (χ1v) is 21.0. The van der Waals surface area contributed by atoms with Gasteiger partial charge in [0.05, 0.1) is 11.0 Å². The molecule has 2 nitrogen and oxygen atoms in total. The maximum absolute atomic E-state index is 3.78. The van der Waals surface area contributed by atoms with Crippen LogP contribution >= 0.6 is 31.9 Å². The summed E-state index contributed by atoms with van der Waals surface area (Å²) >= 11 is 7.56. The Morgan fingerprint density at radius 2 is 0.960 bits per heavy atom. The van der Waals surface area contributed by atoms with Crippen LogP contribution in [-0.4, -0.2) is 9.13 Å². The van der Waals surface area contributed by atoms with Crippen LogP contribution in [0.25, 0.3) is 44.3 Å². The predicted molar refractivity (Wildman–Crippen MR) is 220 cm³/mol. The van der Waals surface area contributed by atoms with Gasteiger partial charge in [0.1, 0.15) is 0 Å². The highest BCUT2D eigenvalue weighted by Gasteiger charge is 2.27. The number of benzene rings is 4. The Balaban J connectivity index is 1.08. The largest absolute Gasteiger partial charge is 0.313 e. The standard InChI is InChI=1S/C46H50Br2N2/c1-3-5-7-9-31-11-23-43-39(27-31)41-29-35(47)17-25-45(41)49(43)37-19-13-33(14-20-37)34-15-21-38(22-16-34)50-44-24-12-32(10-8-6-4-2)28-40(44)42-30-36(48)18-26-46(42)50/h13-22,25-26,29-32H,3-12,23-24,27-28H2,1-2H3. The molecule has 4 aromatic carbocycles. The van der Waals surface area contributed by atoms with Crippen molar-refractivity contribution in [3.63, 3.8) is 0 Å². The molecule has 4 heteroatoms. The SMILES string of the molecule is CCCCCC1CCc2c(c3cc(Br)ccc3n2-c2ccc(-c3ccc(-n4c5c(c6cc(Br)ccc64)CC(CCCCC)CC5)cc3)cc2)C1. The highest BCUT2D eigenvalue weighted by atomic mass is 79.9. The van der Waals surface area contributed by atoms with Gasteiger partial charge in [0.25, 0.3) is 0 Å². The molecule has 258 valence electrons. The summed E-state index contributed by atoms with van der Waals surface area (Å²) in [5.41, 5.74) is 13.9. The van der Waals surface area contributed by atoms with Gasteiger partial charge < -0.3 is 9.13 Å². The molecule has 2 unspecified atom stereocenters. The molecule has 0 fully saturated rings. The second-order valence-electron chi connectivity index (χ2n) is 15.1. The van der Waals surface area contributed by atoms with Crippen LogP contribution in [0.2, 0.25) is 0 Å². The zero-order valence-electron chi connectivity index (χ0n) is 29.8. The Morgan fingerprint density at radius 3 is 1.36 bits per heavy atom. The lowest BCUT2D eigenvalue weighted by Gasteiger charge is -2.24. The number of hydrogen-bond donors (Lipinski definition) is 0. The lowest BCUT2D eigenvalue weighted by Crippen LogP contribution is -2.15. The molecule has 0 saturated heterocycles. The van der Waals surface area contributed by atoms with E-state index in [9.17, 15) is 0 Å². The minimum Gasteiger partial charge on any atom is -0.313 e. The van der Waals surface area contributed by atoms with Gasteiger partial charge in [-0.15, -0.1) is 0 Å². The highest BCUT2D eigenvalue weighted by molar-refractivity contribution is 9.10. The summed E-state index contributed by atoms with van der Waals surface area (Å²) in [5, 5.41) is 2.85. The Labute approximate surface area is 315 Å². The Kier molecular flexibility index (Phi) is 10.1. The van der Waals surface area contributed by atoms with Crippen molar-refractivity contribution >= 4 is 53.7 Å². The average Bonchev–Trinajstić information content (AvgIpc) is 3.63. The molecule has 2 aliphatic rings.